The van der Waals surface area contributed by atoms with Crippen molar-refractivity contribution in [2.45, 2.75) is 20.3 Å². The van der Waals surface area contributed by atoms with E-state index in [-0.39, 0.29) is 17.4 Å². The Hall–Kier alpha value is -2.82. The third-order valence-electron chi connectivity index (χ3n) is 3.75. The number of carbonyl (C=O) groups is 2. The van der Waals surface area contributed by atoms with E-state index in [1.807, 2.05) is 44.2 Å². The number of benzene rings is 2. The van der Waals surface area contributed by atoms with Gasteiger partial charge in [-0.3, -0.25) is 4.79 Å². The number of carbonyl (C=O) groups excluding carboxylic acids is 1. The number of amides is 1. The van der Waals surface area contributed by atoms with Crippen molar-refractivity contribution in [3.63, 3.8) is 0 Å². The molecule has 0 saturated carbocycles. The molecule has 5 nitrogen and oxygen atoms in total. The molecule has 2 aromatic rings. The second kappa shape index (κ2) is 8.15. The quantitative estimate of drug-likeness (QED) is 0.812. The molecule has 0 bridgehead atoms. The smallest absolute Gasteiger partial charge is 0.335 e. The highest BCUT2D eigenvalue weighted by Crippen LogP contribution is 2.19. The summed E-state index contributed by atoms with van der Waals surface area (Å²) in [5.74, 6) is -0.649. The summed E-state index contributed by atoms with van der Waals surface area (Å²) < 4.78 is 5.59. The van der Waals surface area contributed by atoms with Crippen molar-refractivity contribution in [3.05, 3.63) is 59.7 Å². The predicted molar refractivity (Wildman–Crippen MR) is 92.5 cm³/mol. The summed E-state index contributed by atoms with van der Waals surface area (Å²) in [5, 5.41) is 11.8. The van der Waals surface area contributed by atoms with Crippen molar-refractivity contribution in [2.24, 2.45) is 5.92 Å². The maximum absolute atomic E-state index is 12.3. The molecule has 0 aliphatic heterocycles. The van der Waals surface area contributed by atoms with Gasteiger partial charge in [-0.25, -0.2) is 4.79 Å². The standard InChI is InChI=1S/C19H21NO4/c1-13-8-9-15(19(22)23)12-17(13)20-18(21)14(2)10-11-24-16-6-4-3-5-7-16/h3-9,12,14H,10-11H2,1-2H3,(H,20,21)(H,22,23). The van der Waals surface area contributed by atoms with E-state index >= 15 is 0 Å². The molecule has 0 spiro atoms. The molecule has 0 aromatic heterocycles. The Morgan fingerprint density at radius 1 is 1.17 bits per heavy atom. The average molecular weight is 327 g/mol. The van der Waals surface area contributed by atoms with Crippen LogP contribution in [0.5, 0.6) is 5.75 Å². The molecular weight excluding hydrogens is 306 g/mol. The molecule has 0 heterocycles. The van der Waals surface area contributed by atoms with Crippen molar-refractivity contribution in [1.29, 1.82) is 0 Å². The number of hydrogen-bond donors (Lipinski definition) is 2. The van der Waals surface area contributed by atoms with E-state index in [4.69, 9.17) is 9.84 Å². The maximum Gasteiger partial charge on any atom is 0.335 e. The largest absolute Gasteiger partial charge is 0.494 e. The molecule has 5 heteroatoms. The molecule has 2 aromatic carbocycles. The SMILES string of the molecule is Cc1ccc(C(=O)O)cc1NC(=O)C(C)CCOc1ccccc1. The van der Waals surface area contributed by atoms with Gasteiger partial charge in [-0.2, -0.15) is 0 Å². The van der Waals surface area contributed by atoms with Crippen LogP contribution in [0.2, 0.25) is 0 Å². The van der Waals surface area contributed by atoms with Crippen LogP contribution in [0, 0.1) is 12.8 Å². The Morgan fingerprint density at radius 2 is 1.88 bits per heavy atom. The maximum atomic E-state index is 12.3. The zero-order chi connectivity index (χ0) is 17.5. The molecule has 24 heavy (non-hydrogen) atoms. The number of anilines is 1. The van der Waals surface area contributed by atoms with Gasteiger partial charge in [-0.05, 0) is 43.2 Å². The van der Waals surface area contributed by atoms with Crippen molar-refractivity contribution in [3.8, 4) is 5.75 Å². The molecule has 0 fully saturated rings. The topological polar surface area (TPSA) is 75.6 Å². The summed E-state index contributed by atoms with van der Waals surface area (Å²) >= 11 is 0. The molecule has 0 aliphatic rings. The van der Waals surface area contributed by atoms with Crippen LogP contribution in [0.1, 0.15) is 29.3 Å². The second-order valence-electron chi connectivity index (χ2n) is 5.68. The fourth-order valence-corrected chi connectivity index (χ4v) is 2.15. The molecule has 1 atom stereocenters. The number of ether oxygens (including phenoxy) is 1. The molecule has 0 radical (unpaired) electrons. The first-order valence-electron chi connectivity index (χ1n) is 7.80. The van der Waals surface area contributed by atoms with Crippen molar-refractivity contribution >= 4 is 17.6 Å². The number of carboxylic acid groups (broad SMARTS) is 1. The third-order valence-corrected chi connectivity index (χ3v) is 3.75. The van der Waals surface area contributed by atoms with E-state index in [0.29, 0.717) is 18.7 Å². The lowest BCUT2D eigenvalue weighted by Crippen LogP contribution is -2.22. The number of aryl methyl sites for hydroxylation is 1. The second-order valence-corrected chi connectivity index (χ2v) is 5.68. The van der Waals surface area contributed by atoms with Gasteiger partial charge in [-0.1, -0.05) is 31.2 Å². The van der Waals surface area contributed by atoms with Crippen LogP contribution in [-0.2, 0) is 4.79 Å². The molecule has 0 saturated heterocycles. The highest BCUT2D eigenvalue weighted by molar-refractivity contribution is 5.95. The van der Waals surface area contributed by atoms with E-state index in [1.54, 1.807) is 6.07 Å². The van der Waals surface area contributed by atoms with E-state index in [9.17, 15) is 9.59 Å². The van der Waals surface area contributed by atoms with E-state index in [0.717, 1.165) is 11.3 Å². The number of nitrogens with one attached hydrogen (secondary N) is 1. The summed E-state index contributed by atoms with van der Waals surface area (Å²) in [6.07, 6.45) is 0.568. The molecule has 1 amide bonds. The van der Waals surface area contributed by atoms with E-state index < -0.39 is 5.97 Å². The van der Waals surface area contributed by atoms with Gasteiger partial charge in [0, 0.05) is 11.6 Å². The Bertz CT molecular complexity index is 713. The van der Waals surface area contributed by atoms with E-state index in [2.05, 4.69) is 5.32 Å². The highest BCUT2D eigenvalue weighted by Gasteiger charge is 2.15. The number of rotatable bonds is 7. The van der Waals surface area contributed by atoms with Crippen LogP contribution in [0.4, 0.5) is 5.69 Å². The number of carboxylic acids is 1. The van der Waals surface area contributed by atoms with Crippen molar-refractivity contribution in [1.82, 2.24) is 0 Å². The third kappa shape index (κ3) is 4.84. The molecular formula is C19H21NO4. The summed E-state index contributed by atoms with van der Waals surface area (Å²) in [5.41, 5.74) is 1.49. The summed E-state index contributed by atoms with van der Waals surface area (Å²) in [7, 11) is 0. The highest BCUT2D eigenvalue weighted by atomic mass is 16.5. The Balaban J connectivity index is 1.89. The molecule has 2 N–H and O–H groups in total. The van der Waals surface area contributed by atoms with Gasteiger partial charge in [0.05, 0.1) is 12.2 Å². The van der Waals surface area contributed by atoms with Crippen molar-refractivity contribution < 1.29 is 19.4 Å². The minimum Gasteiger partial charge on any atom is -0.494 e. The van der Waals surface area contributed by atoms with Crippen LogP contribution in [0.3, 0.4) is 0 Å². The number of hydrogen-bond acceptors (Lipinski definition) is 3. The zero-order valence-corrected chi connectivity index (χ0v) is 13.8. The minimum atomic E-state index is -1.02. The van der Waals surface area contributed by atoms with Crippen LogP contribution in [-0.4, -0.2) is 23.6 Å². The first-order valence-corrected chi connectivity index (χ1v) is 7.80. The van der Waals surface area contributed by atoms with Gasteiger partial charge >= 0.3 is 5.97 Å². The van der Waals surface area contributed by atoms with Crippen LogP contribution in [0.25, 0.3) is 0 Å². The zero-order valence-electron chi connectivity index (χ0n) is 13.8. The van der Waals surface area contributed by atoms with Gasteiger partial charge in [0.25, 0.3) is 0 Å². The Morgan fingerprint density at radius 3 is 2.54 bits per heavy atom. The number of para-hydroxylation sites is 1. The summed E-state index contributed by atoms with van der Waals surface area (Å²) in [6.45, 7) is 4.08. The lowest BCUT2D eigenvalue weighted by Gasteiger charge is -2.14. The van der Waals surface area contributed by atoms with Gasteiger partial charge in [0.15, 0.2) is 0 Å². The average Bonchev–Trinajstić information content (AvgIpc) is 2.57. The molecule has 126 valence electrons. The molecule has 2 rings (SSSR count). The van der Waals surface area contributed by atoms with Gasteiger partial charge in [0.1, 0.15) is 5.75 Å². The predicted octanol–water partition coefficient (Wildman–Crippen LogP) is 3.74. The first-order chi connectivity index (χ1) is 11.5. The monoisotopic (exact) mass is 327 g/mol. The Kier molecular flexibility index (Phi) is 5.95. The molecule has 1 unspecified atom stereocenters. The summed E-state index contributed by atoms with van der Waals surface area (Å²) in [4.78, 5) is 23.3. The van der Waals surface area contributed by atoms with Crippen LogP contribution >= 0.6 is 0 Å². The summed E-state index contributed by atoms with van der Waals surface area (Å²) in [6, 6.07) is 14.1. The fraction of sp³-hybridized carbons (Fsp3) is 0.263. The van der Waals surface area contributed by atoms with Crippen molar-refractivity contribution in [2.75, 3.05) is 11.9 Å². The van der Waals surface area contributed by atoms with E-state index in [1.165, 1.54) is 12.1 Å². The van der Waals surface area contributed by atoms with Gasteiger partial charge in [0.2, 0.25) is 5.91 Å². The van der Waals surface area contributed by atoms with Crippen LogP contribution in [0.15, 0.2) is 48.5 Å². The minimum absolute atomic E-state index is 0.149. The number of aromatic carboxylic acids is 1. The normalized spacial score (nSPS) is 11.6. The lowest BCUT2D eigenvalue weighted by molar-refractivity contribution is -0.119. The Labute approximate surface area is 141 Å². The lowest BCUT2D eigenvalue weighted by atomic mass is 10.1. The fourth-order valence-electron chi connectivity index (χ4n) is 2.15. The van der Waals surface area contributed by atoms with Crippen LogP contribution < -0.4 is 10.1 Å². The van der Waals surface area contributed by atoms with Gasteiger partial charge < -0.3 is 15.2 Å². The van der Waals surface area contributed by atoms with Gasteiger partial charge in [-0.15, -0.1) is 0 Å². The molecule has 0 aliphatic carbocycles. The first kappa shape index (κ1) is 17.5.